The van der Waals surface area contributed by atoms with Crippen molar-refractivity contribution < 1.29 is 29.0 Å². The molecule has 1 unspecified atom stereocenters. The molecule has 0 radical (unpaired) electrons. The molecule has 1 saturated carbocycles. The van der Waals surface area contributed by atoms with Crippen LogP contribution in [-0.4, -0.2) is 56.0 Å². The Morgan fingerprint density at radius 1 is 1.03 bits per heavy atom. The average Bonchev–Trinajstić information content (AvgIpc) is 3.13. The maximum atomic E-state index is 12.7. The van der Waals surface area contributed by atoms with E-state index in [1.165, 1.54) is 7.11 Å². The molecule has 0 saturated heterocycles. The molecule has 2 aromatic rings. The van der Waals surface area contributed by atoms with Gasteiger partial charge in [0.05, 0.1) is 5.41 Å². The van der Waals surface area contributed by atoms with E-state index in [4.69, 9.17) is 14.6 Å². The number of rotatable bonds is 10. The second-order valence-electron chi connectivity index (χ2n) is 8.92. The highest BCUT2D eigenvalue weighted by molar-refractivity contribution is 5.84. The molecular formula is C26H30N2O6. The zero-order chi connectivity index (χ0) is 24.1. The average molecular weight is 467 g/mol. The fraction of sp³-hybridized carbons (Fsp3) is 0.423. The van der Waals surface area contributed by atoms with Crippen LogP contribution in [0.25, 0.3) is 11.1 Å². The number of carboxylic acids is 1. The van der Waals surface area contributed by atoms with E-state index in [2.05, 4.69) is 34.9 Å². The highest BCUT2D eigenvalue weighted by atomic mass is 16.5. The van der Waals surface area contributed by atoms with Gasteiger partial charge >= 0.3 is 12.1 Å². The van der Waals surface area contributed by atoms with Gasteiger partial charge in [-0.05, 0) is 35.1 Å². The molecule has 2 aliphatic rings. The molecule has 34 heavy (non-hydrogen) atoms. The summed E-state index contributed by atoms with van der Waals surface area (Å²) in [5.74, 6) is -1.27. The van der Waals surface area contributed by atoms with Gasteiger partial charge in [-0.25, -0.2) is 9.59 Å². The predicted molar refractivity (Wildman–Crippen MR) is 125 cm³/mol. The smallest absolute Gasteiger partial charge is 0.407 e. The Morgan fingerprint density at radius 3 is 2.18 bits per heavy atom. The molecule has 0 aromatic heterocycles. The van der Waals surface area contributed by atoms with Gasteiger partial charge in [0.2, 0.25) is 5.91 Å². The van der Waals surface area contributed by atoms with Gasteiger partial charge in [-0.15, -0.1) is 0 Å². The summed E-state index contributed by atoms with van der Waals surface area (Å²) in [6, 6.07) is 16.3. The summed E-state index contributed by atoms with van der Waals surface area (Å²) in [6.07, 6.45) is 0.885. The highest BCUT2D eigenvalue weighted by Crippen LogP contribution is 2.44. The van der Waals surface area contributed by atoms with Crippen LogP contribution in [-0.2, 0) is 19.1 Å². The van der Waals surface area contributed by atoms with E-state index < -0.39 is 23.6 Å². The lowest BCUT2D eigenvalue weighted by molar-refractivity contribution is -0.149. The number of methoxy groups -OCH3 is 1. The molecule has 1 fully saturated rings. The first-order valence-corrected chi connectivity index (χ1v) is 11.6. The van der Waals surface area contributed by atoms with Gasteiger partial charge in [-0.3, -0.25) is 4.79 Å². The second kappa shape index (κ2) is 10.3. The largest absolute Gasteiger partial charge is 0.479 e. The van der Waals surface area contributed by atoms with E-state index in [-0.39, 0.29) is 37.9 Å². The third kappa shape index (κ3) is 4.77. The molecule has 0 bridgehead atoms. The van der Waals surface area contributed by atoms with Crippen molar-refractivity contribution in [2.24, 2.45) is 5.41 Å². The molecule has 8 heteroatoms. The minimum Gasteiger partial charge on any atom is -0.479 e. The van der Waals surface area contributed by atoms with Crippen LogP contribution in [0.15, 0.2) is 48.5 Å². The van der Waals surface area contributed by atoms with Crippen LogP contribution in [0.3, 0.4) is 0 Å². The van der Waals surface area contributed by atoms with Gasteiger partial charge in [-0.1, -0.05) is 55.0 Å². The van der Waals surface area contributed by atoms with Crippen molar-refractivity contribution in [2.75, 3.05) is 26.8 Å². The van der Waals surface area contributed by atoms with E-state index in [0.717, 1.165) is 28.7 Å². The molecule has 2 amide bonds. The van der Waals surface area contributed by atoms with E-state index >= 15 is 0 Å². The third-order valence-electron chi connectivity index (χ3n) is 6.96. The Balaban J connectivity index is 1.29. The third-order valence-corrected chi connectivity index (χ3v) is 6.96. The molecule has 0 spiro atoms. The Bertz CT molecular complexity index is 1020. The van der Waals surface area contributed by atoms with Gasteiger partial charge < -0.3 is 25.2 Å². The number of carbonyl (C=O) groups is 3. The summed E-state index contributed by atoms with van der Waals surface area (Å²) >= 11 is 0. The standard InChI is InChI=1S/C26H30N2O6/c1-33-22(23(29)30)11-14-27-24(31)26(12-6-13-26)16-28-25(32)34-15-21-19-9-4-2-7-17(19)18-8-3-5-10-20(18)21/h2-5,7-10,21-22H,6,11-16H2,1H3,(H,27,31)(H,28,32)(H,29,30). The molecule has 4 rings (SSSR count). The SMILES string of the molecule is COC(CCNC(=O)C1(CNC(=O)OCC2c3ccccc3-c3ccccc32)CCC1)C(=O)O. The molecule has 1 atom stereocenters. The Labute approximate surface area is 198 Å². The highest BCUT2D eigenvalue weighted by Gasteiger charge is 2.44. The van der Waals surface area contributed by atoms with E-state index in [1.807, 2.05) is 24.3 Å². The van der Waals surface area contributed by atoms with Crippen LogP contribution in [0.1, 0.15) is 42.7 Å². The zero-order valence-electron chi connectivity index (χ0n) is 19.2. The minimum absolute atomic E-state index is 0.0259. The summed E-state index contributed by atoms with van der Waals surface area (Å²) in [6.45, 7) is 0.588. The molecule has 0 aliphatic heterocycles. The molecular weight excluding hydrogens is 436 g/mol. The number of alkyl carbamates (subject to hydrolysis) is 1. The van der Waals surface area contributed by atoms with Crippen LogP contribution < -0.4 is 10.6 Å². The summed E-state index contributed by atoms with van der Waals surface area (Å²) < 4.78 is 10.5. The number of hydrogen-bond donors (Lipinski definition) is 3. The number of fused-ring (bicyclic) bond motifs is 3. The Kier molecular flexibility index (Phi) is 7.17. The van der Waals surface area contributed by atoms with E-state index in [0.29, 0.717) is 12.8 Å². The first-order valence-electron chi connectivity index (χ1n) is 11.6. The fourth-order valence-electron chi connectivity index (χ4n) is 4.82. The normalized spacial score (nSPS) is 16.5. The number of benzene rings is 2. The van der Waals surface area contributed by atoms with Crippen LogP contribution in [0.5, 0.6) is 0 Å². The number of aliphatic carboxylic acids is 1. The summed E-state index contributed by atoms with van der Waals surface area (Å²) in [5, 5.41) is 14.6. The zero-order valence-corrected chi connectivity index (χ0v) is 19.2. The molecule has 2 aliphatic carbocycles. The molecule has 180 valence electrons. The monoisotopic (exact) mass is 466 g/mol. The number of carbonyl (C=O) groups excluding carboxylic acids is 2. The quantitative estimate of drug-likeness (QED) is 0.495. The summed E-state index contributed by atoms with van der Waals surface area (Å²) in [7, 11) is 1.33. The van der Waals surface area contributed by atoms with Crippen molar-refractivity contribution in [3.8, 4) is 11.1 Å². The second-order valence-corrected chi connectivity index (χ2v) is 8.92. The van der Waals surface area contributed by atoms with E-state index in [1.54, 1.807) is 0 Å². The summed E-state index contributed by atoms with van der Waals surface area (Å²) in [5.41, 5.74) is 3.92. The number of hydrogen-bond acceptors (Lipinski definition) is 5. The lowest BCUT2D eigenvalue weighted by atomic mass is 9.68. The van der Waals surface area contributed by atoms with Gasteiger partial charge in [0.15, 0.2) is 6.10 Å². The number of nitrogens with one attached hydrogen (secondary N) is 2. The van der Waals surface area contributed by atoms with Crippen molar-refractivity contribution in [1.29, 1.82) is 0 Å². The lowest BCUT2D eigenvalue weighted by Crippen LogP contribution is -2.53. The summed E-state index contributed by atoms with van der Waals surface area (Å²) in [4.78, 5) is 36.3. The maximum absolute atomic E-state index is 12.7. The number of amides is 2. The Hall–Kier alpha value is -3.39. The lowest BCUT2D eigenvalue weighted by Gasteiger charge is -2.40. The fourth-order valence-corrected chi connectivity index (χ4v) is 4.82. The number of ether oxygens (including phenoxy) is 2. The van der Waals surface area contributed by atoms with Crippen LogP contribution in [0, 0.1) is 5.41 Å². The topological polar surface area (TPSA) is 114 Å². The van der Waals surface area contributed by atoms with Gasteiger partial charge in [0.25, 0.3) is 0 Å². The van der Waals surface area contributed by atoms with Crippen molar-refractivity contribution in [3.05, 3.63) is 59.7 Å². The maximum Gasteiger partial charge on any atom is 0.407 e. The van der Waals surface area contributed by atoms with Crippen molar-refractivity contribution in [2.45, 2.75) is 37.7 Å². The first-order chi connectivity index (χ1) is 16.4. The first kappa shape index (κ1) is 23.8. The van der Waals surface area contributed by atoms with Crippen molar-refractivity contribution >= 4 is 18.0 Å². The predicted octanol–water partition coefficient (Wildman–Crippen LogP) is 3.30. The van der Waals surface area contributed by atoms with Crippen LogP contribution in [0.4, 0.5) is 4.79 Å². The van der Waals surface area contributed by atoms with Gasteiger partial charge in [0, 0.05) is 32.5 Å². The van der Waals surface area contributed by atoms with E-state index in [9.17, 15) is 14.4 Å². The molecule has 0 heterocycles. The molecule has 8 nitrogen and oxygen atoms in total. The van der Waals surface area contributed by atoms with Gasteiger partial charge in [0.1, 0.15) is 6.61 Å². The minimum atomic E-state index is -1.06. The molecule has 3 N–H and O–H groups in total. The van der Waals surface area contributed by atoms with Crippen molar-refractivity contribution in [3.63, 3.8) is 0 Å². The van der Waals surface area contributed by atoms with Gasteiger partial charge in [-0.2, -0.15) is 0 Å². The Morgan fingerprint density at radius 2 is 1.65 bits per heavy atom. The molecule has 2 aromatic carbocycles. The van der Waals surface area contributed by atoms with Crippen molar-refractivity contribution in [1.82, 2.24) is 10.6 Å². The van der Waals surface area contributed by atoms with Crippen LogP contribution >= 0.6 is 0 Å². The van der Waals surface area contributed by atoms with Crippen LogP contribution in [0.2, 0.25) is 0 Å². The number of carboxylic acid groups (broad SMARTS) is 1.